The molecular formula is C20H38S2. The molecule has 0 heterocycles. The van der Waals surface area contributed by atoms with Crippen molar-refractivity contribution in [2.45, 2.75) is 103 Å². The van der Waals surface area contributed by atoms with E-state index in [1.165, 1.54) is 51.4 Å². The Kier molecular flexibility index (Phi) is 14.9. The van der Waals surface area contributed by atoms with Crippen molar-refractivity contribution in [1.29, 1.82) is 0 Å². The predicted octanol–water partition coefficient (Wildman–Crippen LogP) is 8.20. The number of allylic oxidation sites excluding steroid dienone is 2. The van der Waals surface area contributed by atoms with Crippen molar-refractivity contribution < 1.29 is 0 Å². The Bertz CT molecular complexity index is 286. The molecule has 0 fully saturated rings. The smallest absolute Gasteiger partial charge is 0.0357 e. The van der Waals surface area contributed by atoms with Gasteiger partial charge >= 0.3 is 0 Å². The van der Waals surface area contributed by atoms with E-state index in [0.717, 1.165) is 0 Å². The molecule has 2 heteroatoms. The Hall–Kier alpha value is 0.180. The summed E-state index contributed by atoms with van der Waals surface area (Å²) in [4.78, 5) is 0. The molecule has 0 aliphatic heterocycles. The molecule has 0 saturated heterocycles. The molecule has 2 atom stereocenters. The average molecular weight is 343 g/mol. The van der Waals surface area contributed by atoms with E-state index < -0.39 is 0 Å². The molecule has 0 radical (unpaired) electrons. The van der Waals surface area contributed by atoms with E-state index >= 15 is 0 Å². The van der Waals surface area contributed by atoms with Crippen LogP contribution in [-0.4, -0.2) is 10.5 Å². The van der Waals surface area contributed by atoms with Gasteiger partial charge in [-0.3, -0.25) is 0 Å². The summed E-state index contributed by atoms with van der Waals surface area (Å²) in [6, 6.07) is 0. The Balaban J connectivity index is 4.68. The summed E-state index contributed by atoms with van der Waals surface area (Å²) in [7, 11) is 4.24. The zero-order valence-corrected chi connectivity index (χ0v) is 17.4. The van der Waals surface area contributed by atoms with Gasteiger partial charge in [0.15, 0.2) is 0 Å². The van der Waals surface area contributed by atoms with Crippen LogP contribution in [0.4, 0.5) is 0 Å². The van der Waals surface area contributed by atoms with Crippen molar-refractivity contribution in [3.05, 3.63) is 23.3 Å². The Morgan fingerprint density at radius 1 is 0.682 bits per heavy atom. The fraction of sp³-hybridized carbons (Fsp3) is 0.800. The van der Waals surface area contributed by atoms with E-state index in [-0.39, 0.29) is 0 Å². The minimum Gasteiger partial charge on any atom is -0.0857 e. The van der Waals surface area contributed by atoms with Gasteiger partial charge in [-0.25, -0.2) is 0 Å². The summed E-state index contributed by atoms with van der Waals surface area (Å²) in [6.45, 7) is 13.8. The lowest BCUT2D eigenvalue weighted by Gasteiger charge is -2.21. The second kappa shape index (κ2) is 14.8. The highest BCUT2D eigenvalue weighted by Gasteiger charge is 2.16. The first-order valence-electron chi connectivity index (χ1n) is 9.25. The van der Waals surface area contributed by atoms with Crippen molar-refractivity contribution >= 4 is 21.6 Å². The zero-order chi connectivity index (χ0) is 16.8. The molecule has 0 nitrogen and oxygen atoms in total. The molecule has 0 aliphatic carbocycles. The highest BCUT2D eigenvalue weighted by Crippen LogP contribution is 2.40. The fourth-order valence-electron chi connectivity index (χ4n) is 2.37. The van der Waals surface area contributed by atoms with Crippen LogP contribution >= 0.6 is 21.6 Å². The highest BCUT2D eigenvalue weighted by molar-refractivity contribution is 8.77. The SMILES string of the molecule is CCC/C=C(\C)C(CCC)SSC(CCC)/C(C)=C/CCC. The van der Waals surface area contributed by atoms with Gasteiger partial charge in [-0.2, -0.15) is 0 Å². The molecule has 22 heavy (non-hydrogen) atoms. The molecule has 0 bridgehead atoms. The van der Waals surface area contributed by atoms with Gasteiger partial charge in [-0.1, -0.05) is 98.3 Å². The number of hydrogen-bond acceptors (Lipinski definition) is 2. The average Bonchev–Trinajstić information content (AvgIpc) is 2.52. The maximum Gasteiger partial charge on any atom is 0.0357 e. The summed E-state index contributed by atoms with van der Waals surface area (Å²) in [5.41, 5.74) is 3.18. The molecule has 0 aromatic heterocycles. The molecule has 130 valence electrons. The van der Waals surface area contributed by atoms with Gasteiger partial charge in [0.1, 0.15) is 0 Å². The van der Waals surface area contributed by atoms with Gasteiger partial charge in [0.05, 0.1) is 0 Å². The Morgan fingerprint density at radius 2 is 1.05 bits per heavy atom. The van der Waals surface area contributed by atoms with Crippen molar-refractivity contribution in [3.63, 3.8) is 0 Å². The van der Waals surface area contributed by atoms with Gasteiger partial charge in [0.25, 0.3) is 0 Å². The monoisotopic (exact) mass is 342 g/mol. The molecule has 0 amide bonds. The van der Waals surface area contributed by atoms with E-state index in [1.807, 2.05) is 0 Å². The number of rotatable bonds is 13. The second-order valence-electron chi connectivity index (χ2n) is 6.22. The third-order valence-corrected chi connectivity index (χ3v) is 7.43. The van der Waals surface area contributed by atoms with Crippen molar-refractivity contribution in [2.24, 2.45) is 0 Å². The summed E-state index contributed by atoms with van der Waals surface area (Å²) in [5.74, 6) is 0. The van der Waals surface area contributed by atoms with Crippen molar-refractivity contribution in [2.75, 3.05) is 0 Å². The summed E-state index contributed by atoms with van der Waals surface area (Å²) < 4.78 is 0. The van der Waals surface area contributed by atoms with E-state index in [4.69, 9.17) is 0 Å². The summed E-state index contributed by atoms with van der Waals surface area (Å²) >= 11 is 0. The first kappa shape index (κ1) is 22.2. The van der Waals surface area contributed by atoms with Crippen LogP contribution in [0.1, 0.15) is 92.9 Å². The zero-order valence-electron chi connectivity index (χ0n) is 15.8. The maximum atomic E-state index is 2.46. The lowest BCUT2D eigenvalue weighted by Crippen LogP contribution is -2.07. The lowest BCUT2D eigenvalue weighted by atomic mass is 10.1. The Labute approximate surface area is 148 Å². The quantitative estimate of drug-likeness (QED) is 0.244. The number of unbranched alkanes of at least 4 members (excludes halogenated alkanes) is 2. The lowest BCUT2D eigenvalue weighted by molar-refractivity contribution is 0.792. The first-order chi connectivity index (χ1) is 10.6. The largest absolute Gasteiger partial charge is 0.0857 e. The summed E-state index contributed by atoms with van der Waals surface area (Å²) in [6.07, 6.45) is 15.1. The van der Waals surface area contributed by atoms with E-state index in [2.05, 4.69) is 75.3 Å². The fourth-order valence-corrected chi connectivity index (χ4v) is 6.09. The predicted molar refractivity (Wildman–Crippen MR) is 110 cm³/mol. The molecule has 0 spiro atoms. The molecule has 2 unspecified atom stereocenters. The van der Waals surface area contributed by atoms with Gasteiger partial charge in [0, 0.05) is 10.5 Å². The second-order valence-corrected chi connectivity index (χ2v) is 8.90. The van der Waals surface area contributed by atoms with E-state index in [0.29, 0.717) is 10.5 Å². The minimum atomic E-state index is 0.694. The topological polar surface area (TPSA) is 0 Å². The standard InChI is InChI=1S/C20H38S2/c1-7-11-15-17(5)19(13-9-3)21-22-20(14-10-4)18(6)16-12-8-2/h15-16,19-20H,7-14H2,1-6H3/b17-15+,18-16+. The molecular weight excluding hydrogens is 304 g/mol. The van der Waals surface area contributed by atoms with Crippen LogP contribution in [0.3, 0.4) is 0 Å². The van der Waals surface area contributed by atoms with Gasteiger partial charge in [-0.05, 0) is 39.5 Å². The third-order valence-electron chi connectivity index (χ3n) is 3.92. The molecule has 0 aromatic rings. The van der Waals surface area contributed by atoms with Crippen LogP contribution in [-0.2, 0) is 0 Å². The first-order valence-corrected chi connectivity index (χ1v) is 11.5. The van der Waals surface area contributed by atoms with Crippen LogP contribution in [0.5, 0.6) is 0 Å². The van der Waals surface area contributed by atoms with Crippen LogP contribution in [0.25, 0.3) is 0 Å². The van der Waals surface area contributed by atoms with Crippen molar-refractivity contribution in [3.8, 4) is 0 Å². The van der Waals surface area contributed by atoms with Gasteiger partial charge < -0.3 is 0 Å². The minimum absolute atomic E-state index is 0.694. The highest BCUT2D eigenvalue weighted by atomic mass is 33.1. The van der Waals surface area contributed by atoms with E-state index in [1.54, 1.807) is 11.1 Å². The number of hydrogen-bond donors (Lipinski definition) is 0. The maximum absolute atomic E-state index is 2.46. The van der Waals surface area contributed by atoms with Crippen LogP contribution < -0.4 is 0 Å². The molecule has 0 N–H and O–H groups in total. The van der Waals surface area contributed by atoms with Crippen molar-refractivity contribution in [1.82, 2.24) is 0 Å². The van der Waals surface area contributed by atoms with E-state index in [9.17, 15) is 0 Å². The molecule has 0 saturated carbocycles. The van der Waals surface area contributed by atoms with Crippen LogP contribution in [0, 0.1) is 0 Å². The molecule has 0 aliphatic rings. The van der Waals surface area contributed by atoms with Crippen LogP contribution in [0.2, 0.25) is 0 Å². The van der Waals surface area contributed by atoms with Crippen LogP contribution in [0.15, 0.2) is 23.3 Å². The summed E-state index contributed by atoms with van der Waals surface area (Å²) in [5, 5.41) is 1.39. The van der Waals surface area contributed by atoms with Gasteiger partial charge in [-0.15, -0.1) is 0 Å². The molecule has 0 rings (SSSR count). The Morgan fingerprint density at radius 3 is 1.32 bits per heavy atom. The third kappa shape index (κ3) is 10.0. The normalized spacial score (nSPS) is 15.9. The molecule has 0 aromatic carbocycles. The van der Waals surface area contributed by atoms with Gasteiger partial charge in [0.2, 0.25) is 0 Å².